The summed E-state index contributed by atoms with van der Waals surface area (Å²) < 4.78 is 29.7. The van der Waals surface area contributed by atoms with E-state index in [9.17, 15) is 8.42 Å². The van der Waals surface area contributed by atoms with E-state index in [1.807, 2.05) is 14.1 Å². The fourth-order valence-corrected chi connectivity index (χ4v) is 3.94. The highest BCUT2D eigenvalue weighted by atomic mass is 79.9. The maximum atomic E-state index is 12.4. The molecule has 2 rings (SSSR count). The minimum absolute atomic E-state index is 0.220. The standard InChI is InChI=1S/C13H15BrClN3O2S/c1-16-7-10-6-11(8-18(10)2)21(19,20)17-13-4-3-9(15)5-12(13)14/h3-6,8,16-17H,7H2,1-2H3. The summed E-state index contributed by atoms with van der Waals surface area (Å²) in [7, 11) is -0.0212. The number of benzene rings is 1. The highest BCUT2D eigenvalue weighted by molar-refractivity contribution is 9.10. The summed E-state index contributed by atoms with van der Waals surface area (Å²) in [5.41, 5.74) is 1.33. The minimum atomic E-state index is -3.64. The molecule has 0 aliphatic rings. The van der Waals surface area contributed by atoms with Crippen LogP contribution in [0.3, 0.4) is 0 Å². The smallest absolute Gasteiger partial charge is 0.263 e. The lowest BCUT2D eigenvalue weighted by atomic mass is 10.3. The van der Waals surface area contributed by atoms with Crippen LogP contribution in [0.5, 0.6) is 0 Å². The molecule has 8 heteroatoms. The summed E-state index contributed by atoms with van der Waals surface area (Å²) in [5.74, 6) is 0. The van der Waals surface area contributed by atoms with Gasteiger partial charge in [-0.25, -0.2) is 8.42 Å². The number of anilines is 1. The summed E-state index contributed by atoms with van der Waals surface area (Å²) in [6, 6.07) is 6.52. The molecule has 0 amide bonds. The van der Waals surface area contributed by atoms with Crippen LogP contribution < -0.4 is 10.0 Å². The van der Waals surface area contributed by atoms with Crippen LogP contribution in [0.1, 0.15) is 5.69 Å². The van der Waals surface area contributed by atoms with E-state index >= 15 is 0 Å². The second-order valence-electron chi connectivity index (χ2n) is 4.54. The first-order valence-electron chi connectivity index (χ1n) is 6.11. The number of aromatic nitrogens is 1. The summed E-state index contributed by atoms with van der Waals surface area (Å²) in [4.78, 5) is 0.220. The summed E-state index contributed by atoms with van der Waals surface area (Å²) in [6.45, 7) is 0.594. The lowest BCUT2D eigenvalue weighted by Gasteiger charge is -2.08. The zero-order valence-electron chi connectivity index (χ0n) is 11.5. The number of hydrogen-bond acceptors (Lipinski definition) is 3. The molecule has 0 saturated carbocycles. The molecule has 1 aromatic carbocycles. The molecule has 0 fully saturated rings. The Bertz CT molecular complexity index is 759. The van der Waals surface area contributed by atoms with Gasteiger partial charge in [0, 0.05) is 35.0 Å². The first-order chi connectivity index (χ1) is 9.83. The summed E-state index contributed by atoms with van der Waals surface area (Å²) in [5, 5.41) is 3.52. The molecule has 1 aromatic heterocycles. The van der Waals surface area contributed by atoms with Crippen molar-refractivity contribution in [1.82, 2.24) is 9.88 Å². The van der Waals surface area contributed by atoms with Crippen molar-refractivity contribution < 1.29 is 8.42 Å². The third-order valence-corrected chi connectivity index (χ3v) is 5.15. The molecule has 21 heavy (non-hydrogen) atoms. The first-order valence-corrected chi connectivity index (χ1v) is 8.76. The Labute approximate surface area is 137 Å². The molecule has 2 N–H and O–H groups in total. The predicted octanol–water partition coefficient (Wildman–Crippen LogP) is 2.96. The van der Waals surface area contributed by atoms with Crippen LogP contribution in [0.15, 0.2) is 39.8 Å². The minimum Gasteiger partial charge on any atom is -0.352 e. The van der Waals surface area contributed by atoms with Gasteiger partial charge in [0.05, 0.1) is 5.69 Å². The molecule has 0 spiro atoms. The number of halogens is 2. The second kappa shape index (κ2) is 6.39. The van der Waals surface area contributed by atoms with E-state index in [2.05, 4.69) is 26.0 Å². The number of hydrogen-bond donors (Lipinski definition) is 2. The van der Waals surface area contributed by atoms with Crippen molar-refractivity contribution in [3.05, 3.63) is 45.7 Å². The van der Waals surface area contributed by atoms with Crippen LogP contribution in [-0.2, 0) is 23.6 Å². The van der Waals surface area contributed by atoms with E-state index in [4.69, 9.17) is 11.6 Å². The van der Waals surface area contributed by atoms with Crippen LogP contribution in [0.2, 0.25) is 5.02 Å². The third kappa shape index (κ3) is 3.79. The molecule has 0 atom stereocenters. The van der Waals surface area contributed by atoms with Crippen LogP contribution in [0, 0.1) is 0 Å². The van der Waals surface area contributed by atoms with Gasteiger partial charge in [-0.2, -0.15) is 0 Å². The summed E-state index contributed by atoms with van der Waals surface area (Å²) >= 11 is 9.14. The van der Waals surface area contributed by atoms with Crippen molar-refractivity contribution >= 4 is 43.2 Å². The van der Waals surface area contributed by atoms with Gasteiger partial charge >= 0.3 is 0 Å². The fourth-order valence-electron chi connectivity index (χ4n) is 1.86. The number of nitrogens with zero attached hydrogens (tertiary/aromatic N) is 1. The molecule has 5 nitrogen and oxygen atoms in total. The zero-order chi connectivity index (χ0) is 15.6. The van der Waals surface area contributed by atoms with Crippen LogP contribution >= 0.6 is 27.5 Å². The predicted molar refractivity (Wildman–Crippen MR) is 88.1 cm³/mol. The average molecular weight is 393 g/mol. The quantitative estimate of drug-likeness (QED) is 0.822. The lowest BCUT2D eigenvalue weighted by Crippen LogP contribution is -2.12. The van der Waals surface area contributed by atoms with E-state index in [1.54, 1.807) is 35.0 Å². The number of sulfonamides is 1. The van der Waals surface area contributed by atoms with Gasteiger partial charge in [0.25, 0.3) is 10.0 Å². The van der Waals surface area contributed by atoms with E-state index in [1.165, 1.54) is 0 Å². The van der Waals surface area contributed by atoms with Gasteiger partial charge in [-0.05, 0) is 47.2 Å². The number of nitrogens with one attached hydrogen (secondary N) is 2. The van der Waals surface area contributed by atoms with Gasteiger partial charge in [-0.1, -0.05) is 11.6 Å². The average Bonchev–Trinajstić information content (AvgIpc) is 2.76. The molecule has 0 unspecified atom stereocenters. The first kappa shape index (κ1) is 16.4. The molecule has 0 radical (unpaired) electrons. The fraction of sp³-hybridized carbons (Fsp3) is 0.231. The van der Waals surface area contributed by atoms with Gasteiger partial charge in [-0.3, -0.25) is 4.72 Å². The maximum absolute atomic E-state index is 12.4. The van der Waals surface area contributed by atoms with Crippen molar-refractivity contribution in [1.29, 1.82) is 0 Å². The number of aryl methyl sites for hydroxylation is 1. The maximum Gasteiger partial charge on any atom is 0.263 e. The van der Waals surface area contributed by atoms with E-state index in [0.29, 0.717) is 21.7 Å². The Morgan fingerprint density at radius 2 is 2.05 bits per heavy atom. The highest BCUT2D eigenvalue weighted by Gasteiger charge is 2.18. The number of rotatable bonds is 5. The Kier molecular flexibility index (Phi) is 4.98. The Hall–Kier alpha value is -1.02. The van der Waals surface area contributed by atoms with Gasteiger partial charge in [0.2, 0.25) is 0 Å². The molecule has 114 valence electrons. The summed E-state index contributed by atoms with van der Waals surface area (Å²) in [6.07, 6.45) is 1.58. The Balaban J connectivity index is 2.32. The van der Waals surface area contributed by atoms with Crippen molar-refractivity contribution in [3.8, 4) is 0 Å². The van der Waals surface area contributed by atoms with Gasteiger partial charge in [0.15, 0.2) is 0 Å². The molecule has 0 bridgehead atoms. The topological polar surface area (TPSA) is 63.1 Å². The van der Waals surface area contributed by atoms with Crippen molar-refractivity contribution in [2.24, 2.45) is 7.05 Å². The molecular formula is C13H15BrClN3O2S. The van der Waals surface area contributed by atoms with Gasteiger partial charge < -0.3 is 9.88 Å². The highest BCUT2D eigenvalue weighted by Crippen LogP contribution is 2.28. The second-order valence-corrected chi connectivity index (χ2v) is 7.51. The van der Waals surface area contributed by atoms with Crippen LogP contribution in [0.4, 0.5) is 5.69 Å². The molecule has 0 aliphatic carbocycles. The molecule has 1 heterocycles. The molecule has 0 saturated heterocycles. The lowest BCUT2D eigenvalue weighted by molar-refractivity contribution is 0.601. The zero-order valence-corrected chi connectivity index (χ0v) is 14.7. The van der Waals surface area contributed by atoms with Gasteiger partial charge in [-0.15, -0.1) is 0 Å². The normalized spacial score (nSPS) is 11.6. The van der Waals surface area contributed by atoms with E-state index in [-0.39, 0.29) is 4.90 Å². The third-order valence-electron chi connectivity index (χ3n) is 2.93. The monoisotopic (exact) mass is 391 g/mol. The van der Waals surface area contributed by atoms with Gasteiger partial charge in [0.1, 0.15) is 4.90 Å². The Morgan fingerprint density at radius 1 is 1.33 bits per heavy atom. The molecule has 2 aromatic rings. The van der Waals surface area contributed by atoms with E-state index < -0.39 is 10.0 Å². The molecule has 0 aliphatic heterocycles. The van der Waals surface area contributed by atoms with Crippen molar-refractivity contribution in [3.63, 3.8) is 0 Å². The Morgan fingerprint density at radius 3 is 2.67 bits per heavy atom. The SMILES string of the molecule is CNCc1cc(S(=O)(=O)Nc2ccc(Cl)cc2Br)cn1C. The molecular weight excluding hydrogens is 378 g/mol. The van der Waals surface area contributed by atoms with Crippen LogP contribution in [0.25, 0.3) is 0 Å². The van der Waals surface area contributed by atoms with E-state index in [0.717, 1.165) is 5.69 Å². The van der Waals surface area contributed by atoms with Crippen molar-refractivity contribution in [2.75, 3.05) is 11.8 Å². The van der Waals surface area contributed by atoms with Crippen molar-refractivity contribution in [2.45, 2.75) is 11.4 Å². The largest absolute Gasteiger partial charge is 0.352 e. The van der Waals surface area contributed by atoms with Crippen LogP contribution in [-0.4, -0.2) is 20.0 Å².